The number of carbonyl (C=O) groups excluding carboxylic acids is 3. The lowest BCUT2D eigenvalue weighted by molar-refractivity contribution is -0.127. The number of unbranched alkanes of at least 4 members (excludes halogenated alkanes) is 10. The van der Waals surface area contributed by atoms with Gasteiger partial charge in [0.15, 0.2) is 11.6 Å². The number of rotatable bonds is 15. The quantitative estimate of drug-likeness (QED) is 0.125. The van der Waals surface area contributed by atoms with E-state index in [4.69, 9.17) is 4.74 Å². The Bertz CT molecular complexity index is 801. The summed E-state index contributed by atoms with van der Waals surface area (Å²) in [5.74, 6) is -0.579. The molecule has 5 nitrogen and oxygen atoms in total. The highest BCUT2D eigenvalue weighted by Crippen LogP contribution is 2.33. The minimum atomic E-state index is -0.322. The molecule has 1 aromatic carbocycles. The third kappa shape index (κ3) is 10.2. The second kappa shape index (κ2) is 14.7. The van der Waals surface area contributed by atoms with E-state index in [1.807, 2.05) is 13.8 Å². The summed E-state index contributed by atoms with van der Waals surface area (Å²) in [6, 6.07) is 6.88. The number of ether oxygens (including phenoxy) is 1. The maximum atomic E-state index is 12.3. The topological polar surface area (TPSA) is 72.5 Å². The second-order valence-electron chi connectivity index (χ2n) is 10.3. The van der Waals surface area contributed by atoms with Crippen LogP contribution in [0.3, 0.4) is 0 Å². The largest absolute Gasteiger partial charge is 0.462 e. The minimum Gasteiger partial charge on any atom is -0.462 e. The number of carbonyl (C=O) groups is 3. The van der Waals surface area contributed by atoms with Crippen LogP contribution in [0, 0.1) is 5.41 Å². The molecule has 0 saturated heterocycles. The van der Waals surface area contributed by atoms with Gasteiger partial charge in [0, 0.05) is 24.7 Å². The number of benzene rings is 1. The van der Waals surface area contributed by atoms with Crippen LogP contribution in [-0.2, 0) is 14.3 Å². The highest BCUT2D eigenvalue weighted by atomic mass is 16.5. The molecular weight excluding hydrogens is 426 g/mol. The number of nitrogens with one attached hydrogen (secondary N) is 1. The average Bonchev–Trinajstić information content (AvgIpc) is 2.78. The van der Waals surface area contributed by atoms with Gasteiger partial charge in [-0.3, -0.25) is 9.59 Å². The van der Waals surface area contributed by atoms with E-state index in [1.165, 1.54) is 64.0 Å². The first-order valence-corrected chi connectivity index (χ1v) is 13.1. The molecule has 1 aromatic rings. The van der Waals surface area contributed by atoms with Crippen LogP contribution in [-0.4, -0.2) is 24.1 Å². The van der Waals surface area contributed by atoms with Crippen LogP contribution in [0.4, 0.5) is 5.69 Å². The van der Waals surface area contributed by atoms with Gasteiger partial charge in [-0.25, -0.2) is 4.79 Å². The van der Waals surface area contributed by atoms with Crippen molar-refractivity contribution in [3.8, 4) is 0 Å². The van der Waals surface area contributed by atoms with Gasteiger partial charge in [0.05, 0.1) is 17.7 Å². The summed E-state index contributed by atoms with van der Waals surface area (Å²) in [7, 11) is 0. The summed E-state index contributed by atoms with van der Waals surface area (Å²) in [5.41, 5.74) is 1.14. The van der Waals surface area contributed by atoms with Crippen molar-refractivity contribution >= 4 is 23.2 Å². The molecule has 0 unspecified atom stereocenters. The average molecular weight is 470 g/mol. The Balaban J connectivity index is 1.61. The maximum absolute atomic E-state index is 12.3. The summed E-state index contributed by atoms with van der Waals surface area (Å²) in [6.45, 7) is 6.56. The van der Waals surface area contributed by atoms with Crippen molar-refractivity contribution in [3.05, 3.63) is 41.6 Å². The van der Waals surface area contributed by atoms with E-state index in [2.05, 4.69) is 12.2 Å². The number of allylic oxidation sites excluding steroid dienone is 1. The van der Waals surface area contributed by atoms with Crippen LogP contribution in [0.5, 0.6) is 0 Å². The fourth-order valence-electron chi connectivity index (χ4n) is 4.31. The Hall–Kier alpha value is -2.43. The molecule has 0 heterocycles. The monoisotopic (exact) mass is 469 g/mol. The molecule has 0 amide bonds. The lowest BCUT2D eigenvalue weighted by Crippen LogP contribution is -2.31. The fourth-order valence-corrected chi connectivity index (χ4v) is 4.31. The smallest absolute Gasteiger partial charge is 0.338 e. The molecule has 1 fully saturated rings. The Morgan fingerprint density at radius 1 is 0.853 bits per heavy atom. The van der Waals surface area contributed by atoms with Gasteiger partial charge >= 0.3 is 5.97 Å². The van der Waals surface area contributed by atoms with Crippen molar-refractivity contribution in [2.45, 2.75) is 104 Å². The SMILES string of the molecule is CCCCCCCCCCCCCOC(=O)c1ccc(NC=C2C(=O)CC(C)(C)CC2=O)cc1. The number of anilines is 1. The van der Waals surface area contributed by atoms with Crippen molar-refractivity contribution in [1.82, 2.24) is 0 Å². The maximum Gasteiger partial charge on any atom is 0.338 e. The summed E-state index contributed by atoms with van der Waals surface area (Å²) in [6.07, 6.45) is 16.1. The van der Waals surface area contributed by atoms with E-state index in [9.17, 15) is 14.4 Å². The number of Topliss-reactive ketones (excluding diaryl/α,β-unsaturated/α-hetero) is 2. The van der Waals surface area contributed by atoms with Crippen LogP contribution >= 0.6 is 0 Å². The van der Waals surface area contributed by atoms with Crippen molar-refractivity contribution < 1.29 is 19.1 Å². The van der Waals surface area contributed by atoms with Crippen LogP contribution in [0.1, 0.15) is 115 Å². The Kier molecular flexibility index (Phi) is 12.1. The number of esters is 1. The zero-order chi connectivity index (χ0) is 24.8. The third-order valence-electron chi connectivity index (χ3n) is 6.36. The molecule has 1 N–H and O–H groups in total. The Morgan fingerprint density at radius 2 is 1.35 bits per heavy atom. The molecule has 0 bridgehead atoms. The summed E-state index contributed by atoms with van der Waals surface area (Å²) < 4.78 is 5.39. The standard InChI is InChI=1S/C29H43NO4/c1-4-5-6-7-8-9-10-11-12-13-14-19-34-28(33)23-15-17-24(18-16-23)30-22-25-26(31)20-29(2,3)21-27(25)32/h15-18,22,30H,4-14,19-21H2,1-3H3. The van der Waals surface area contributed by atoms with Crippen molar-refractivity contribution in [2.24, 2.45) is 5.41 Å². The lowest BCUT2D eigenvalue weighted by Gasteiger charge is -2.28. The zero-order valence-corrected chi connectivity index (χ0v) is 21.4. The minimum absolute atomic E-state index is 0.128. The molecule has 188 valence electrons. The van der Waals surface area contributed by atoms with Crippen molar-refractivity contribution in [2.75, 3.05) is 11.9 Å². The molecule has 1 aliphatic rings. The van der Waals surface area contributed by atoms with Gasteiger partial charge in [-0.05, 0) is 36.1 Å². The van der Waals surface area contributed by atoms with E-state index in [-0.39, 0.29) is 28.5 Å². The Labute approximate surface area is 205 Å². The van der Waals surface area contributed by atoms with E-state index in [0.717, 1.165) is 12.8 Å². The molecule has 1 saturated carbocycles. The second-order valence-corrected chi connectivity index (χ2v) is 10.3. The van der Waals surface area contributed by atoms with Gasteiger partial charge in [0.25, 0.3) is 0 Å². The summed E-state index contributed by atoms with van der Waals surface area (Å²) in [5, 5.41) is 3.01. The fraction of sp³-hybridized carbons (Fsp3) is 0.621. The predicted octanol–water partition coefficient (Wildman–Crippen LogP) is 7.41. The van der Waals surface area contributed by atoms with Crippen molar-refractivity contribution in [3.63, 3.8) is 0 Å². The first-order chi connectivity index (χ1) is 16.3. The Morgan fingerprint density at radius 3 is 1.88 bits per heavy atom. The normalized spacial score (nSPS) is 15.3. The van der Waals surface area contributed by atoms with Crippen molar-refractivity contribution in [1.29, 1.82) is 0 Å². The van der Waals surface area contributed by atoms with Gasteiger partial charge in [-0.2, -0.15) is 0 Å². The molecular formula is C29H43NO4. The first-order valence-electron chi connectivity index (χ1n) is 13.1. The molecule has 0 aromatic heterocycles. The van der Waals surface area contributed by atoms with E-state index in [0.29, 0.717) is 30.7 Å². The number of hydrogen-bond acceptors (Lipinski definition) is 5. The van der Waals surface area contributed by atoms with Crippen LogP contribution in [0.25, 0.3) is 0 Å². The summed E-state index contributed by atoms with van der Waals surface area (Å²) >= 11 is 0. The van der Waals surface area contributed by atoms with E-state index >= 15 is 0 Å². The molecule has 2 rings (SSSR count). The number of ketones is 2. The van der Waals surface area contributed by atoms with Crippen LogP contribution < -0.4 is 5.32 Å². The lowest BCUT2D eigenvalue weighted by atomic mass is 9.74. The molecule has 1 aliphatic carbocycles. The molecule has 5 heteroatoms. The van der Waals surface area contributed by atoms with Gasteiger partial charge in [-0.15, -0.1) is 0 Å². The van der Waals surface area contributed by atoms with Gasteiger partial charge in [0.1, 0.15) is 0 Å². The van der Waals surface area contributed by atoms with Crippen LogP contribution in [0.15, 0.2) is 36.0 Å². The summed E-state index contributed by atoms with van der Waals surface area (Å²) in [4.78, 5) is 36.7. The zero-order valence-electron chi connectivity index (χ0n) is 21.4. The molecule has 0 radical (unpaired) electrons. The molecule has 0 spiro atoms. The van der Waals surface area contributed by atoms with Gasteiger partial charge in [-0.1, -0.05) is 85.0 Å². The van der Waals surface area contributed by atoms with Crippen LogP contribution in [0.2, 0.25) is 0 Å². The highest BCUT2D eigenvalue weighted by Gasteiger charge is 2.35. The highest BCUT2D eigenvalue weighted by molar-refractivity contribution is 6.22. The van der Waals surface area contributed by atoms with Gasteiger partial charge < -0.3 is 10.1 Å². The third-order valence-corrected chi connectivity index (χ3v) is 6.36. The first kappa shape index (κ1) is 27.8. The van der Waals surface area contributed by atoms with E-state index in [1.54, 1.807) is 24.3 Å². The number of hydrogen-bond donors (Lipinski definition) is 1. The molecule has 34 heavy (non-hydrogen) atoms. The van der Waals surface area contributed by atoms with Gasteiger partial charge in [0.2, 0.25) is 0 Å². The van der Waals surface area contributed by atoms with E-state index < -0.39 is 0 Å². The molecule has 0 atom stereocenters. The molecule has 0 aliphatic heterocycles. The predicted molar refractivity (Wildman–Crippen MR) is 138 cm³/mol.